The van der Waals surface area contributed by atoms with Crippen LogP contribution in [-0.4, -0.2) is 31.7 Å². The molecule has 3 aromatic rings. The Morgan fingerprint density at radius 2 is 1.79 bits per heavy atom. The molecule has 0 aliphatic rings. The summed E-state index contributed by atoms with van der Waals surface area (Å²) in [6.07, 6.45) is 1.44. The zero-order valence-corrected chi connectivity index (χ0v) is 24.0. The number of amides is 2. The number of nitrogens with zero attached hydrogens (tertiary/aromatic N) is 1. The Balaban J connectivity index is 1.63. The van der Waals surface area contributed by atoms with Gasteiger partial charge in [0.05, 0.1) is 24.4 Å². The van der Waals surface area contributed by atoms with Crippen molar-refractivity contribution < 1.29 is 23.8 Å². The average molecular weight is 623 g/mol. The molecule has 0 heterocycles. The first-order valence-corrected chi connectivity index (χ1v) is 13.1. The number of hydrazone groups is 1. The lowest BCUT2D eigenvalue weighted by Crippen LogP contribution is -2.34. The molecule has 0 aromatic heterocycles. The third-order valence-corrected chi connectivity index (χ3v) is 6.43. The lowest BCUT2D eigenvalue weighted by atomic mass is 10.1. The van der Waals surface area contributed by atoms with E-state index in [0.717, 1.165) is 5.56 Å². The van der Waals surface area contributed by atoms with Crippen molar-refractivity contribution in [2.75, 3.05) is 19.0 Å². The lowest BCUT2D eigenvalue weighted by Gasteiger charge is -2.15. The van der Waals surface area contributed by atoms with E-state index in [9.17, 15) is 9.59 Å². The van der Waals surface area contributed by atoms with Gasteiger partial charge in [-0.15, -0.1) is 0 Å². The molecule has 0 fully saturated rings. The Morgan fingerprint density at radius 3 is 2.45 bits per heavy atom. The van der Waals surface area contributed by atoms with Crippen LogP contribution < -0.4 is 25.0 Å². The molecule has 8 nitrogen and oxygen atoms in total. The molecule has 1 atom stereocenters. The summed E-state index contributed by atoms with van der Waals surface area (Å²) in [5.41, 5.74) is 4.34. The fraction of sp³-hybridized carbons (Fsp3) is 0.222. The number of hydrogen-bond acceptors (Lipinski definition) is 6. The number of hydrogen-bond donors (Lipinski definition) is 2. The molecule has 3 rings (SSSR count). The largest absolute Gasteiger partial charge is 0.497 e. The minimum Gasteiger partial charge on any atom is -0.497 e. The summed E-state index contributed by atoms with van der Waals surface area (Å²) < 4.78 is 17.4. The van der Waals surface area contributed by atoms with Gasteiger partial charge in [0.25, 0.3) is 5.91 Å². The first-order valence-electron chi connectivity index (χ1n) is 11.5. The number of carbonyl (C=O) groups excluding carboxylic acids is 2. The number of anilines is 1. The Morgan fingerprint density at radius 1 is 1.05 bits per heavy atom. The fourth-order valence-electron chi connectivity index (χ4n) is 3.17. The van der Waals surface area contributed by atoms with Crippen molar-refractivity contribution in [1.82, 2.24) is 5.43 Å². The van der Waals surface area contributed by atoms with Gasteiger partial charge in [0, 0.05) is 21.3 Å². The van der Waals surface area contributed by atoms with E-state index in [1.54, 1.807) is 61.7 Å². The number of carbonyl (C=O) groups is 2. The summed E-state index contributed by atoms with van der Waals surface area (Å²) in [7, 11) is 1.55. The smallest absolute Gasteiger partial charge is 0.252 e. The van der Waals surface area contributed by atoms with E-state index in [0.29, 0.717) is 49.6 Å². The van der Waals surface area contributed by atoms with Crippen molar-refractivity contribution in [2.45, 2.75) is 20.5 Å². The highest BCUT2D eigenvalue weighted by molar-refractivity contribution is 9.10. The van der Waals surface area contributed by atoms with E-state index in [1.807, 2.05) is 6.92 Å². The third kappa shape index (κ3) is 8.11. The molecule has 0 spiro atoms. The van der Waals surface area contributed by atoms with Crippen LogP contribution in [0.4, 0.5) is 5.69 Å². The standard InChI is InChI=1S/C27H26BrCl2N3O5/c1-4-37-24-12-17(11-22(28)25(24)38-15-18-5-6-19(29)13-23(18)30)14-31-33-27(35)16(2)26(34)32-20-7-9-21(36-3)10-8-20/h5-14,16H,4,15H2,1-3H3,(H,32,34)(H,33,35). The second-order valence-corrected chi connectivity index (χ2v) is 9.66. The van der Waals surface area contributed by atoms with Gasteiger partial charge in [0.15, 0.2) is 11.5 Å². The van der Waals surface area contributed by atoms with Crippen LogP contribution in [0.5, 0.6) is 17.2 Å². The predicted molar refractivity (Wildman–Crippen MR) is 153 cm³/mol. The number of rotatable bonds is 11. The molecule has 0 saturated heterocycles. The maximum Gasteiger partial charge on any atom is 0.252 e. The summed E-state index contributed by atoms with van der Waals surface area (Å²) in [6.45, 7) is 3.96. The van der Waals surface area contributed by atoms with E-state index in [4.69, 9.17) is 37.4 Å². The van der Waals surface area contributed by atoms with Crippen molar-refractivity contribution in [3.8, 4) is 17.2 Å². The van der Waals surface area contributed by atoms with E-state index >= 15 is 0 Å². The Labute approximate surface area is 239 Å². The van der Waals surface area contributed by atoms with Gasteiger partial charge in [-0.1, -0.05) is 29.3 Å². The molecule has 11 heteroatoms. The zero-order valence-electron chi connectivity index (χ0n) is 20.9. The minimum atomic E-state index is -0.976. The molecule has 0 aliphatic carbocycles. The van der Waals surface area contributed by atoms with Crippen LogP contribution in [0.2, 0.25) is 10.0 Å². The minimum absolute atomic E-state index is 0.203. The SMILES string of the molecule is CCOc1cc(C=NNC(=O)C(C)C(=O)Nc2ccc(OC)cc2)cc(Br)c1OCc1ccc(Cl)cc1Cl. The van der Waals surface area contributed by atoms with Crippen molar-refractivity contribution in [1.29, 1.82) is 0 Å². The second kappa shape index (κ2) is 14.0. The van der Waals surface area contributed by atoms with E-state index < -0.39 is 17.7 Å². The topological polar surface area (TPSA) is 98.2 Å². The van der Waals surface area contributed by atoms with Gasteiger partial charge < -0.3 is 19.5 Å². The van der Waals surface area contributed by atoms with Crippen LogP contribution in [0.1, 0.15) is 25.0 Å². The quantitative estimate of drug-likeness (QED) is 0.145. The van der Waals surface area contributed by atoms with Gasteiger partial charge >= 0.3 is 0 Å². The zero-order chi connectivity index (χ0) is 27.7. The van der Waals surface area contributed by atoms with Gasteiger partial charge in [-0.05, 0) is 83.9 Å². The molecule has 3 aromatic carbocycles. The molecule has 2 amide bonds. The molecule has 0 aliphatic heterocycles. The summed E-state index contributed by atoms with van der Waals surface area (Å²) >= 11 is 15.7. The highest BCUT2D eigenvalue weighted by Crippen LogP contribution is 2.37. The summed E-state index contributed by atoms with van der Waals surface area (Å²) in [4.78, 5) is 24.9. The van der Waals surface area contributed by atoms with E-state index in [1.165, 1.54) is 13.1 Å². The van der Waals surface area contributed by atoms with Crippen LogP contribution >= 0.6 is 39.1 Å². The molecule has 38 heavy (non-hydrogen) atoms. The molecule has 1 unspecified atom stereocenters. The highest BCUT2D eigenvalue weighted by Gasteiger charge is 2.21. The van der Waals surface area contributed by atoms with Crippen LogP contribution in [0, 0.1) is 5.92 Å². The normalized spacial score (nSPS) is 11.6. The maximum atomic E-state index is 12.4. The number of benzene rings is 3. The molecular formula is C27H26BrCl2N3O5. The van der Waals surface area contributed by atoms with Gasteiger partial charge in [0.2, 0.25) is 5.91 Å². The Bertz CT molecular complexity index is 1320. The van der Waals surface area contributed by atoms with Crippen LogP contribution in [0.25, 0.3) is 0 Å². The summed E-state index contributed by atoms with van der Waals surface area (Å²) in [5, 5.41) is 7.72. The van der Waals surface area contributed by atoms with Crippen molar-refractivity contribution in [3.63, 3.8) is 0 Å². The maximum absolute atomic E-state index is 12.4. The molecular weight excluding hydrogens is 597 g/mol. The summed E-state index contributed by atoms with van der Waals surface area (Å²) in [6, 6.07) is 15.5. The van der Waals surface area contributed by atoms with Crippen molar-refractivity contribution in [3.05, 3.63) is 80.2 Å². The second-order valence-electron chi connectivity index (χ2n) is 7.96. The van der Waals surface area contributed by atoms with Gasteiger partial charge in [0.1, 0.15) is 18.3 Å². The number of methoxy groups -OCH3 is 1. The Hall–Kier alpha value is -3.27. The molecule has 0 radical (unpaired) electrons. The highest BCUT2D eigenvalue weighted by atomic mass is 79.9. The van der Waals surface area contributed by atoms with Gasteiger partial charge in [-0.2, -0.15) is 5.10 Å². The monoisotopic (exact) mass is 621 g/mol. The van der Waals surface area contributed by atoms with Gasteiger partial charge in [-0.3, -0.25) is 9.59 Å². The summed E-state index contributed by atoms with van der Waals surface area (Å²) in [5.74, 6) is -0.374. The van der Waals surface area contributed by atoms with Crippen molar-refractivity contribution in [2.24, 2.45) is 11.0 Å². The van der Waals surface area contributed by atoms with Gasteiger partial charge in [-0.25, -0.2) is 5.43 Å². The predicted octanol–water partition coefficient (Wildman–Crippen LogP) is 6.47. The van der Waals surface area contributed by atoms with Crippen molar-refractivity contribution >= 4 is 62.8 Å². The van der Waals surface area contributed by atoms with E-state index in [-0.39, 0.29) is 6.61 Å². The molecule has 2 N–H and O–H groups in total. The molecule has 0 bridgehead atoms. The fourth-order valence-corrected chi connectivity index (χ4v) is 4.20. The molecule has 200 valence electrons. The number of nitrogens with one attached hydrogen (secondary N) is 2. The first-order chi connectivity index (χ1) is 18.2. The average Bonchev–Trinajstić information content (AvgIpc) is 2.89. The van der Waals surface area contributed by atoms with Crippen LogP contribution in [-0.2, 0) is 16.2 Å². The molecule has 0 saturated carbocycles. The number of halogens is 3. The number of ether oxygens (including phenoxy) is 3. The van der Waals surface area contributed by atoms with Crippen LogP contribution in [0.15, 0.2) is 64.2 Å². The first kappa shape index (κ1) is 29.3. The Kier molecular flexibility index (Phi) is 10.8. The lowest BCUT2D eigenvalue weighted by molar-refractivity contribution is -0.131. The van der Waals surface area contributed by atoms with E-state index in [2.05, 4.69) is 31.8 Å². The third-order valence-electron chi connectivity index (χ3n) is 5.25. The van der Waals surface area contributed by atoms with Crippen LogP contribution in [0.3, 0.4) is 0 Å².